The highest BCUT2D eigenvalue weighted by Crippen LogP contribution is 2.36. The molecule has 0 aromatic heterocycles. The fourth-order valence-corrected chi connectivity index (χ4v) is 3.00. The number of carbonyl (C=O) groups excluding carboxylic acids is 2. The average Bonchev–Trinajstić information content (AvgIpc) is 2.79. The molecule has 3 rings (SSSR count). The molecule has 2 heterocycles. The molecule has 0 bridgehead atoms. The van der Waals surface area contributed by atoms with E-state index in [1.54, 1.807) is 9.80 Å². The largest absolute Gasteiger partial charge is 0.489 e. The van der Waals surface area contributed by atoms with Gasteiger partial charge in [-0.05, 0) is 33.3 Å². The molecule has 1 aromatic carbocycles. The van der Waals surface area contributed by atoms with Crippen LogP contribution in [0.15, 0.2) is 18.2 Å². The number of nitrogens with zero attached hydrogens (tertiary/aromatic N) is 2. The van der Waals surface area contributed by atoms with Crippen molar-refractivity contribution >= 4 is 17.7 Å². The third kappa shape index (κ3) is 3.47. The zero-order valence-electron chi connectivity index (χ0n) is 14.5. The van der Waals surface area contributed by atoms with Crippen LogP contribution < -0.4 is 9.64 Å². The van der Waals surface area contributed by atoms with Crippen molar-refractivity contribution in [3.63, 3.8) is 0 Å². The summed E-state index contributed by atoms with van der Waals surface area (Å²) in [5.41, 5.74) is 1.17. The van der Waals surface area contributed by atoms with Crippen molar-refractivity contribution in [2.45, 2.75) is 45.8 Å². The number of fused-ring (bicyclic) bond motifs is 1. The molecule has 0 saturated carbocycles. The van der Waals surface area contributed by atoms with Gasteiger partial charge in [0.2, 0.25) is 5.91 Å². The Morgan fingerprint density at radius 2 is 2.04 bits per heavy atom. The molecule has 2 aliphatic rings. The van der Waals surface area contributed by atoms with E-state index >= 15 is 0 Å². The van der Waals surface area contributed by atoms with Crippen molar-refractivity contribution < 1.29 is 19.1 Å². The van der Waals surface area contributed by atoms with Gasteiger partial charge in [-0.2, -0.15) is 0 Å². The predicted molar refractivity (Wildman–Crippen MR) is 90.2 cm³/mol. The molecule has 24 heavy (non-hydrogen) atoms. The molecule has 0 radical (unpaired) electrons. The fourth-order valence-electron chi connectivity index (χ4n) is 3.00. The molecular weight excluding hydrogens is 308 g/mol. The third-order valence-electron chi connectivity index (χ3n) is 4.06. The van der Waals surface area contributed by atoms with Crippen molar-refractivity contribution in [3.8, 4) is 5.75 Å². The van der Waals surface area contributed by atoms with Crippen LogP contribution in [0.5, 0.6) is 5.75 Å². The van der Waals surface area contributed by atoms with Crippen LogP contribution in [0.4, 0.5) is 10.5 Å². The monoisotopic (exact) mass is 332 g/mol. The molecule has 0 atom stereocenters. The Bertz CT molecular complexity index is 651. The minimum absolute atomic E-state index is 0.125. The number of benzene rings is 1. The minimum Gasteiger partial charge on any atom is -0.489 e. The van der Waals surface area contributed by atoms with Gasteiger partial charge in [0.05, 0.1) is 18.8 Å². The summed E-state index contributed by atoms with van der Waals surface area (Å²) >= 11 is 0. The summed E-state index contributed by atoms with van der Waals surface area (Å²) in [4.78, 5) is 27.8. The van der Waals surface area contributed by atoms with Crippen molar-refractivity contribution in [1.29, 1.82) is 0 Å². The second kappa shape index (κ2) is 6.34. The Morgan fingerprint density at radius 3 is 2.71 bits per heavy atom. The van der Waals surface area contributed by atoms with Gasteiger partial charge in [0.1, 0.15) is 18.0 Å². The van der Waals surface area contributed by atoms with Crippen LogP contribution in [0.3, 0.4) is 0 Å². The first-order chi connectivity index (χ1) is 11.3. The van der Waals surface area contributed by atoms with E-state index < -0.39 is 5.60 Å². The molecule has 0 unspecified atom stereocenters. The number of amides is 2. The predicted octanol–water partition coefficient (Wildman–Crippen LogP) is 2.94. The first-order valence-electron chi connectivity index (χ1n) is 8.38. The average molecular weight is 332 g/mol. The third-order valence-corrected chi connectivity index (χ3v) is 4.06. The van der Waals surface area contributed by atoms with E-state index in [2.05, 4.69) is 0 Å². The maximum atomic E-state index is 12.4. The van der Waals surface area contributed by atoms with E-state index in [0.29, 0.717) is 38.4 Å². The van der Waals surface area contributed by atoms with Gasteiger partial charge in [-0.1, -0.05) is 12.1 Å². The molecule has 0 aliphatic carbocycles. The van der Waals surface area contributed by atoms with E-state index in [1.165, 1.54) is 0 Å². The van der Waals surface area contributed by atoms with Gasteiger partial charge in [0.25, 0.3) is 0 Å². The molecule has 0 spiro atoms. The highest BCUT2D eigenvalue weighted by atomic mass is 16.6. The maximum absolute atomic E-state index is 12.4. The van der Waals surface area contributed by atoms with Crippen LogP contribution in [0.2, 0.25) is 0 Å². The highest BCUT2D eigenvalue weighted by Gasteiger charge is 2.29. The fraction of sp³-hybridized carbons (Fsp3) is 0.556. The van der Waals surface area contributed by atoms with Crippen LogP contribution >= 0.6 is 0 Å². The number of para-hydroxylation sites is 1. The molecule has 1 saturated heterocycles. The lowest BCUT2D eigenvalue weighted by Crippen LogP contribution is -2.37. The SMILES string of the molecule is CC(C)(C)OC(=O)N1CCOc2c(cccc2N2CCCC2=O)C1. The summed E-state index contributed by atoms with van der Waals surface area (Å²) < 4.78 is 11.4. The van der Waals surface area contributed by atoms with Gasteiger partial charge in [-0.15, -0.1) is 0 Å². The van der Waals surface area contributed by atoms with Crippen LogP contribution in [0.1, 0.15) is 39.2 Å². The Labute approximate surface area is 142 Å². The van der Waals surface area contributed by atoms with Gasteiger partial charge in [-0.3, -0.25) is 4.79 Å². The topological polar surface area (TPSA) is 59.1 Å². The first kappa shape index (κ1) is 16.6. The second-order valence-corrected chi connectivity index (χ2v) is 7.16. The van der Waals surface area contributed by atoms with Crippen molar-refractivity contribution in [1.82, 2.24) is 4.90 Å². The lowest BCUT2D eigenvalue weighted by atomic mass is 10.1. The van der Waals surface area contributed by atoms with Gasteiger partial charge < -0.3 is 19.3 Å². The first-order valence-corrected chi connectivity index (χ1v) is 8.38. The molecule has 2 amide bonds. The summed E-state index contributed by atoms with van der Waals surface area (Å²) in [6.45, 7) is 7.52. The van der Waals surface area contributed by atoms with E-state index in [9.17, 15) is 9.59 Å². The van der Waals surface area contributed by atoms with Crippen LogP contribution in [-0.4, -0.2) is 42.2 Å². The molecule has 2 aliphatic heterocycles. The van der Waals surface area contributed by atoms with E-state index in [0.717, 1.165) is 17.7 Å². The number of carbonyl (C=O) groups is 2. The number of rotatable bonds is 1. The van der Waals surface area contributed by atoms with E-state index in [-0.39, 0.29) is 12.0 Å². The van der Waals surface area contributed by atoms with Gasteiger partial charge in [-0.25, -0.2) is 4.79 Å². The van der Waals surface area contributed by atoms with Crippen molar-refractivity contribution in [2.75, 3.05) is 24.6 Å². The van der Waals surface area contributed by atoms with Crippen molar-refractivity contribution in [3.05, 3.63) is 23.8 Å². The normalized spacial score (nSPS) is 18.0. The zero-order chi connectivity index (χ0) is 17.3. The van der Waals surface area contributed by atoms with E-state index in [4.69, 9.17) is 9.47 Å². The summed E-state index contributed by atoms with van der Waals surface area (Å²) in [5, 5.41) is 0. The molecular formula is C18H24N2O4. The Morgan fingerprint density at radius 1 is 1.25 bits per heavy atom. The highest BCUT2D eigenvalue weighted by molar-refractivity contribution is 5.97. The number of ether oxygens (including phenoxy) is 2. The Kier molecular flexibility index (Phi) is 4.39. The summed E-state index contributed by atoms with van der Waals surface area (Å²) in [6.07, 6.45) is 1.10. The summed E-state index contributed by atoms with van der Waals surface area (Å²) in [5.74, 6) is 0.832. The number of hydrogen-bond acceptors (Lipinski definition) is 4. The Balaban J connectivity index is 1.84. The zero-order valence-corrected chi connectivity index (χ0v) is 14.5. The van der Waals surface area contributed by atoms with Crippen LogP contribution in [0, 0.1) is 0 Å². The van der Waals surface area contributed by atoms with Gasteiger partial charge >= 0.3 is 6.09 Å². The second-order valence-electron chi connectivity index (χ2n) is 7.16. The van der Waals surface area contributed by atoms with Gasteiger partial charge in [0.15, 0.2) is 0 Å². The summed E-state index contributed by atoms with van der Waals surface area (Å²) in [7, 11) is 0. The molecule has 130 valence electrons. The molecule has 1 fully saturated rings. The Hall–Kier alpha value is -2.24. The maximum Gasteiger partial charge on any atom is 0.410 e. The number of anilines is 1. The standard InChI is InChI=1S/C18H24N2O4/c1-18(2,3)24-17(22)19-10-11-23-16-13(12-19)6-4-7-14(16)20-9-5-8-15(20)21/h4,6-7H,5,8-12H2,1-3H3. The lowest BCUT2D eigenvalue weighted by molar-refractivity contribution is -0.117. The van der Waals surface area contributed by atoms with E-state index in [1.807, 2.05) is 39.0 Å². The molecule has 1 aromatic rings. The quantitative estimate of drug-likeness (QED) is 0.793. The van der Waals surface area contributed by atoms with Crippen molar-refractivity contribution in [2.24, 2.45) is 0 Å². The number of hydrogen-bond donors (Lipinski definition) is 0. The van der Waals surface area contributed by atoms with Gasteiger partial charge in [0, 0.05) is 18.5 Å². The summed E-state index contributed by atoms with van der Waals surface area (Å²) in [6, 6.07) is 5.75. The smallest absolute Gasteiger partial charge is 0.410 e. The molecule has 6 nitrogen and oxygen atoms in total. The van der Waals surface area contributed by atoms with Crippen LogP contribution in [0.25, 0.3) is 0 Å². The lowest BCUT2D eigenvalue weighted by Gasteiger charge is -2.26. The molecule has 6 heteroatoms. The van der Waals surface area contributed by atoms with Crippen LogP contribution in [-0.2, 0) is 16.1 Å². The molecule has 0 N–H and O–H groups in total. The minimum atomic E-state index is -0.531.